The molecule has 160 valence electrons. The molecule has 1 aliphatic rings. The third kappa shape index (κ3) is 6.01. The number of nitrogens with zero attached hydrogens (tertiary/aromatic N) is 2. The number of benzene rings is 2. The Hall–Kier alpha value is -3.48. The van der Waals surface area contributed by atoms with Gasteiger partial charge in [-0.3, -0.25) is 4.79 Å². The molecule has 31 heavy (non-hydrogen) atoms. The molecule has 0 radical (unpaired) electrons. The summed E-state index contributed by atoms with van der Waals surface area (Å²) >= 11 is 0. The van der Waals surface area contributed by atoms with Crippen LogP contribution in [-0.4, -0.2) is 23.0 Å². The first kappa shape index (κ1) is 20.8. The van der Waals surface area contributed by atoms with Crippen LogP contribution < -0.4 is 15.0 Å². The average molecular weight is 424 g/mol. The molecule has 1 aliphatic carbocycles. The van der Waals surface area contributed by atoms with E-state index in [1.54, 1.807) is 30.4 Å². The Bertz CT molecular complexity index is 1110. The molecule has 0 unspecified atom stereocenters. The zero-order chi connectivity index (χ0) is 21.6. The molecule has 1 heterocycles. The van der Waals surface area contributed by atoms with E-state index in [4.69, 9.17) is 4.74 Å². The maximum atomic E-state index is 12.7. The summed E-state index contributed by atoms with van der Waals surface area (Å²) in [7, 11) is 0. The molecular weight excluding hydrogens is 402 g/mol. The van der Waals surface area contributed by atoms with Gasteiger partial charge in [0.1, 0.15) is 0 Å². The van der Waals surface area contributed by atoms with Gasteiger partial charge in [0.05, 0.1) is 18.8 Å². The molecule has 5 nitrogen and oxygen atoms in total. The SMILES string of the molecule is O=c1ccc(/C=C/c2ccc(OC(F)F)c(OCC3CC3)c2)nn1Cc1ccccc1. The minimum Gasteiger partial charge on any atom is -0.489 e. The first-order valence-electron chi connectivity index (χ1n) is 10.1. The molecule has 0 N–H and O–H groups in total. The summed E-state index contributed by atoms with van der Waals surface area (Å²) in [6, 6.07) is 17.5. The standard InChI is InChI=1S/C24H22F2N2O3/c25-24(26)31-21-12-9-17(14-22(21)30-16-19-6-7-19)8-10-20-11-13-23(29)28(27-20)15-18-4-2-1-3-5-18/h1-5,8-14,19,24H,6-7,15-16H2/b10-8+. The second-order valence-electron chi connectivity index (χ2n) is 7.41. The van der Waals surface area contributed by atoms with Gasteiger partial charge in [0.25, 0.3) is 5.56 Å². The third-order valence-electron chi connectivity index (χ3n) is 4.86. The molecular formula is C24H22F2N2O3. The Kier molecular flexibility index (Phi) is 6.40. The van der Waals surface area contributed by atoms with Crippen LogP contribution in [0.25, 0.3) is 12.2 Å². The van der Waals surface area contributed by atoms with E-state index in [-0.39, 0.29) is 17.1 Å². The number of halogens is 2. The van der Waals surface area contributed by atoms with Gasteiger partial charge in [0.15, 0.2) is 11.5 Å². The van der Waals surface area contributed by atoms with Gasteiger partial charge in [-0.1, -0.05) is 42.5 Å². The highest BCUT2D eigenvalue weighted by Crippen LogP contribution is 2.34. The summed E-state index contributed by atoms with van der Waals surface area (Å²) in [6.07, 6.45) is 5.73. The lowest BCUT2D eigenvalue weighted by Crippen LogP contribution is -2.22. The number of aromatic nitrogens is 2. The Balaban J connectivity index is 1.52. The van der Waals surface area contributed by atoms with Gasteiger partial charge >= 0.3 is 6.61 Å². The molecule has 0 atom stereocenters. The largest absolute Gasteiger partial charge is 0.489 e. The number of alkyl halides is 2. The third-order valence-corrected chi connectivity index (χ3v) is 4.86. The van der Waals surface area contributed by atoms with E-state index in [2.05, 4.69) is 9.84 Å². The molecule has 7 heteroatoms. The van der Waals surface area contributed by atoms with E-state index in [0.717, 1.165) is 24.0 Å². The quantitative estimate of drug-likeness (QED) is 0.493. The topological polar surface area (TPSA) is 53.4 Å². The summed E-state index contributed by atoms with van der Waals surface area (Å²) in [5.41, 5.74) is 2.13. The molecule has 0 aliphatic heterocycles. The lowest BCUT2D eigenvalue weighted by molar-refractivity contribution is -0.0515. The van der Waals surface area contributed by atoms with E-state index < -0.39 is 6.61 Å². The second-order valence-corrected chi connectivity index (χ2v) is 7.41. The first-order valence-corrected chi connectivity index (χ1v) is 10.1. The Morgan fingerprint density at radius 2 is 1.84 bits per heavy atom. The van der Waals surface area contributed by atoms with Crippen LogP contribution in [0.4, 0.5) is 8.78 Å². The van der Waals surface area contributed by atoms with Gasteiger partial charge in [-0.2, -0.15) is 13.9 Å². The molecule has 1 saturated carbocycles. The molecule has 1 fully saturated rings. The van der Waals surface area contributed by atoms with Crippen LogP contribution in [0.2, 0.25) is 0 Å². The predicted octanol–water partition coefficient (Wildman–Crippen LogP) is 4.85. The highest BCUT2D eigenvalue weighted by molar-refractivity contribution is 5.69. The first-order chi connectivity index (χ1) is 15.1. The van der Waals surface area contributed by atoms with Crippen molar-refractivity contribution >= 4 is 12.2 Å². The van der Waals surface area contributed by atoms with Crippen molar-refractivity contribution in [2.75, 3.05) is 6.61 Å². The van der Waals surface area contributed by atoms with Crippen LogP contribution in [0.5, 0.6) is 11.5 Å². The van der Waals surface area contributed by atoms with Crippen molar-refractivity contribution < 1.29 is 18.3 Å². The minimum atomic E-state index is -2.92. The Labute approximate surface area is 178 Å². The van der Waals surface area contributed by atoms with Crippen molar-refractivity contribution in [1.29, 1.82) is 0 Å². The van der Waals surface area contributed by atoms with Crippen LogP contribution in [0.1, 0.15) is 29.7 Å². The minimum absolute atomic E-state index is 0.0161. The van der Waals surface area contributed by atoms with Crippen LogP contribution in [-0.2, 0) is 6.54 Å². The van der Waals surface area contributed by atoms with E-state index in [1.165, 1.54) is 16.8 Å². The smallest absolute Gasteiger partial charge is 0.387 e. The molecule has 1 aromatic heterocycles. The molecule has 0 saturated heterocycles. The predicted molar refractivity (Wildman–Crippen MR) is 114 cm³/mol. The van der Waals surface area contributed by atoms with Crippen LogP contribution >= 0.6 is 0 Å². The maximum Gasteiger partial charge on any atom is 0.387 e. The van der Waals surface area contributed by atoms with E-state index >= 15 is 0 Å². The lowest BCUT2D eigenvalue weighted by atomic mass is 10.1. The van der Waals surface area contributed by atoms with Gasteiger partial charge in [-0.15, -0.1) is 0 Å². The van der Waals surface area contributed by atoms with Crippen molar-refractivity contribution in [3.05, 3.63) is 87.8 Å². The fraction of sp³-hybridized carbons (Fsp3) is 0.250. The van der Waals surface area contributed by atoms with Gasteiger partial charge < -0.3 is 9.47 Å². The summed E-state index contributed by atoms with van der Waals surface area (Å²) in [6.45, 7) is -2.06. The van der Waals surface area contributed by atoms with Crippen molar-refractivity contribution in [3.8, 4) is 11.5 Å². The molecule has 4 rings (SSSR count). The monoisotopic (exact) mass is 424 g/mol. The summed E-state index contributed by atoms with van der Waals surface area (Å²) in [4.78, 5) is 12.1. The normalized spacial score (nSPS) is 13.6. The number of ether oxygens (including phenoxy) is 2. The van der Waals surface area contributed by atoms with E-state index in [0.29, 0.717) is 24.8 Å². The molecule has 2 aromatic carbocycles. The summed E-state index contributed by atoms with van der Waals surface area (Å²) in [5.74, 6) is 0.784. The van der Waals surface area contributed by atoms with Gasteiger partial charge in [-0.05, 0) is 54.2 Å². The summed E-state index contributed by atoms with van der Waals surface area (Å²) in [5, 5.41) is 4.39. The fourth-order valence-corrected chi connectivity index (χ4v) is 3.03. The molecule has 3 aromatic rings. The van der Waals surface area contributed by atoms with Gasteiger partial charge in [-0.25, -0.2) is 4.68 Å². The number of hydrogen-bond donors (Lipinski definition) is 0. The highest BCUT2D eigenvalue weighted by atomic mass is 19.3. The Morgan fingerprint density at radius 1 is 1.03 bits per heavy atom. The lowest BCUT2D eigenvalue weighted by Gasteiger charge is -2.12. The Morgan fingerprint density at radius 3 is 2.58 bits per heavy atom. The van der Waals surface area contributed by atoms with Crippen molar-refractivity contribution in [1.82, 2.24) is 9.78 Å². The zero-order valence-electron chi connectivity index (χ0n) is 16.8. The maximum absolute atomic E-state index is 12.7. The van der Waals surface area contributed by atoms with Crippen LogP contribution in [0.3, 0.4) is 0 Å². The zero-order valence-corrected chi connectivity index (χ0v) is 16.8. The van der Waals surface area contributed by atoms with Crippen molar-refractivity contribution in [2.24, 2.45) is 5.92 Å². The highest BCUT2D eigenvalue weighted by Gasteiger charge is 2.23. The average Bonchev–Trinajstić information content (AvgIpc) is 3.59. The van der Waals surface area contributed by atoms with Gasteiger partial charge in [0, 0.05) is 6.07 Å². The fourth-order valence-electron chi connectivity index (χ4n) is 3.03. The van der Waals surface area contributed by atoms with E-state index in [1.807, 2.05) is 30.3 Å². The second kappa shape index (κ2) is 9.55. The van der Waals surface area contributed by atoms with Crippen LogP contribution in [0, 0.1) is 5.92 Å². The van der Waals surface area contributed by atoms with Crippen molar-refractivity contribution in [3.63, 3.8) is 0 Å². The molecule has 0 bridgehead atoms. The number of rotatable bonds is 9. The summed E-state index contributed by atoms with van der Waals surface area (Å²) < 4.78 is 37.0. The molecule has 0 amide bonds. The van der Waals surface area contributed by atoms with Crippen LogP contribution in [0.15, 0.2) is 65.5 Å². The van der Waals surface area contributed by atoms with E-state index in [9.17, 15) is 13.6 Å². The molecule has 0 spiro atoms. The van der Waals surface area contributed by atoms with Crippen molar-refractivity contribution in [2.45, 2.75) is 26.0 Å². The number of hydrogen-bond acceptors (Lipinski definition) is 4. The van der Waals surface area contributed by atoms with Gasteiger partial charge in [0.2, 0.25) is 0 Å².